The molecule has 0 aromatic heterocycles. The van der Waals surface area contributed by atoms with Crippen molar-refractivity contribution in [2.75, 3.05) is 0 Å². The lowest BCUT2D eigenvalue weighted by Crippen LogP contribution is -1.87. The van der Waals surface area contributed by atoms with Gasteiger partial charge in [0.2, 0.25) is 0 Å². The Morgan fingerprint density at radius 3 is 2.46 bits per heavy atom. The van der Waals surface area contributed by atoms with Gasteiger partial charge in [-0.25, -0.2) is 0 Å². The molecule has 0 heterocycles. The molecule has 2 heteroatoms. The summed E-state index contributed by atoms with van der Waals surface area (Å²) in [6.45, 7) is 1.93. The number of allylic oxidation sites excluding steroid dienone is 2. The van der Waals surface area contributed by atoms with Crippen molar-refractivity contribution in [1.82, 2.24) is 0 Å². The molecule has 1 aromatic rings. The van der Waals surface area contributed by atoms with Gasteiger partial charge in [0.25, 0.3) is 0 Å². The van der Waals surface area contributed by atoms with Crippen molar-refractivity contribution in [3.8, 4) is 0 Å². The zero-order chi connectivity index (χ0) is 9.68. The van der Waals surface area contributed by atoms with Gasteiger partial charge in [0.15, 0.2) is 6.29 Å². The lowest BCUT2D eigenvalue weighted by Gasteiger charge is -2.01. The van der Waals surface area contributed by atoms with E-state index in [0.29, 0.717) is 17.0 Å². The fraction of sp³-hybridized carbons (Fsp3) is 0.182. The number of hydrogen-bond donors (Lipinski definition) is 0. The highest BCUT2D eigenvalue weighted by Crippen LogP contribution is 2.21. The smallest absolute Gasteiger partial charge is 0.151 e. The highest BCUT2D eigenvalue weighted by molar-refractivity contribution is 6.36. The van der Waals surface area contributed by atoms with Crippen LogP contribution in [0.4, 0.5) is 0 Å². The Bertz CT molecular complexity index is 314. The van der Waals surface area contributed by atoms with Crippen molar-refractivity contribution >= 4 is 23.5 Å². The highest BCUT2D eigenvalue weighted by Gasteiger charge is 2.03. The van der Waals surface area contributed by atoms with Gasteiger partial charge >= 0.3 is 0 Å². The summed E-state index contributed by atoms with van der Waals surface area (Å²) in [4.78, 5) is 10.8. The number of carbonyl (C=O) groups is 1. The third-order valence-electron chi connectivity index (χ3n) is 1.81. The van der Waals surface area contributed by atoms with Crippen LogP contribution in [0.3, 0.4) is 0 Å². The number of benzene rings is 1. The minimum Gasteiger partial charge on any atom is -0.298 e. The van der Waals surface area contributed by atoms with E-state index in [1.54, 1.807) is 0 Å². The van der Waals surface area contributed by atoms with E-state index in [4.69, 9.17) is 11.6 Å². The molecular formula is C11H11ClO. The molecule has 0 atom stereocenters. The molecule has 0 unspecified atom stereocenters. The van der Waals surface area contributed by atoms with Gasteiger partial charge < -0.3 is 0 Å². The maximum atomic E-state index is 10.8. The first-order chi connectivity index (χ1) is 6.29. The van der Waals surface area contributed by atoms with E-state index in [2.05, 4.69) is 0 Å². The summed E-state index contributed by atoms with van der Waals surface area (Å²) >= 11 is 5.91. The number of hydrogen-bond acceptors (Lipinski definition) is 1. The van der Waals surface area contributed by atoms with Crippen LogP contribution in [0.15, 0.2) is 35.4 Å². The van der Waals surface area contributed by atoms with Crippen LogP contribution in [0, 0.1) is 0 Å². The monoisotopic (exact) mass is 194 g/mol. The predicted octanol–water partition coefficient (Wildman–Crippen LogP) is 3.25. The second-order valence-corrected chi connectivity index (χ2v) is 3.11. The van der Waals surface area contributed by atoms with Crippen LogP contribution in [0.25, 0.3) is 5.57 Å². The van der Waals surface area contributed by atoms with Gasteiger partial charge in [0, 0.05) is 10.6 Å². The van der Waals surface area contributed by atoms with Gasteiger partial charge in [-0.1, -0.05) is 48.9 Å². The molecule has 0 aliphatic rings. The first kappa shape index (κ1) is 10.0. The Kier molecular flexibility index (Phi) is 3.71. The van der Waals surface area contributed by atoms with Crippen LogP contribution in [-0.4, -0.2) is 6.29 Å². The summed E-state index contributed by atoms with van der Waals surface area (Å²) in [5.74, 6) is 0. The van der Waals surface area contributed by atoms with E-state index in [1.807, 2.05) is 37.3 Å². The van der Waals surface area contributed by atoms with Crippen molar-refractivity contribution in [3.05, 3.63) is 40.9 Å². The number of aldehydes is 1. The van der Waals surface area contributed by atoms with Crippen LogP contribution in [0.5, 0.6) is 0 Å². The molecule has 68 valence electrons. The zero-order valence-electron chi connectivity index (χ0n) is 7.46. The first-order valence-corrected chi connectivity index (χ1v) is 4.56. The molecule has 1 nitrogen and oxygen atoms in total. The van der Waals surface area contributed by atoms with E-state index in [1.165, 1.54) is 0 Å². The van der Waals surface area contributed by atoms with E-state index in [0.717, 1.165) is 11.8 Å². The van der Waals surface area contributed by atoms with Crippen LogP contribution in [0.2, 0.25) is 0 Å². The largest absolute Gasteiger partial charge is 0.298 e. The second kappa shape index (κ2) is 4.83. The van der Waals surface area contributed by atoms with E-state index in [9.17, 15) is 4.79 Å². The van der Waals surface area contributed by atoms with Crippen molar-refractivity contribution in [1.29, 1.82) is 0 Å². The molecule has 0 spiro atoms. The summed E-state index contributed by atoms with van der Waals surface area (Å²) in [6, 6.07) is 9.44. The van der Waals surface area contributed by atoms with Crippen molar-refractivity contribution in [3.63, 3.8) is 0 Å². The Hall–Kier alpha value is -1.08. The molecule has 0 aliphatic carbocycles. The first-order valence-electron chi connectivity index (χ1n) is 4.18. The third-order valence-corrected chi connectivity index (χ3v) is 2.28. The van der Waals surface area contributed by atoms with Gasteiger partial charge in [-0.2, -0.15) is 0 Å². The van der Waals surface area contributed by atoms with Gasteiger partial charge in [0.05, 0.1) is 0 Å². The minimum absolute atomic E-state index is 0.588. The SMILES string of the molecule is CC/C(Cl)=C(/C=O)c1ccccc1. The molecule has 0 bridgehead atoms. The summed E-state index contributed by atoms with van der Waals surface area (Å²) in [5, 5.41) is 0.612. The third kappa shape index (κ3) is 2.43. The molecular weight excluding hydrogens is 184 g/mol. The van der Waals surface area contributed by atoms with Gasteiger partial charge in [-0.05, 0) is 12.0 Å². The molecule has 0 amide bonds. The lowest BCUT2D eigenvalue weighted by atomic mass is 10.1. The molecule has 1 rings (SSSR count). The second-order valence-electron chi connectivity index (χ2n) is 2.66. The van der Waals surface area contributed by atoms with Crippen molar-refractivity contribution in [2.24, 2.45) is 0 Å². The topological polar surface area (TPSA) is 17.1 Å². The minimum atomic E-state index is 0.588. The number of halogens is 1. The summed E-state index contributed by atoms with van der Waals surface area (Å²) in [7, 11) is 0. The molecule has 0 aliphatic heterocycles. The standard InChI is InChI=1S/C11H11ClO/c1-2-11(12)10(8-13)9-6-4-3-5-7-9/h3-8H,2H2,1H3/b11-10+. The maximum absolute atomic E-state index is 10.8. The van der Waals surface area contributed by atoms with Crippen LogP contribution < -0.4 is 0 Å². The fourth-order valence-corrected chi connectivity index (χ4v) is 1.25. The molecule has 1 aromatic carbocycles. The maximum Gasteiger partial charge on any atom is 0.151 e. The average Bonchev–Trinajstić information content (AvgIpc) is 2.20. The number of rotatable bonds is 3. The highest BCUT2D eigenvalue weighted by atomic mass is 35.5. The molecule has 0 fully saturated rings. The Morgan fingerprint density at radius 1 is 1.38 bits per heavy atom. The predicted molar refractivity (Wildman–Crippen MR) is 55.6 cm³/mol. The Balaban J connectivity index is 3.12. The quantitative estimate of drug-likeness (QED) is 0.533. The normalized spacial score (nSPS) is 12.2. The van der Waals surface area contributed by atoms with Gasteiger partial charge in [-0.3, -0.25) is 4.79 Å². The molecule has 0 saturated heterocycles. The Morgan fingerprint density at radius 2 is 2.00 bits per heavy atom. The van der Waals surface area contributed by atoms with Crippen LogP contribution in [0.1, 0.15) is 18.9 Å². The van der Waals surface area contributed by atoms with E-state index in [-0.39, 0.29) is 0 Å². The van der Waals surface area contributed by atoms with Crippen molar-refractivity contribution < 1.29 is 4.79 Å². The van der Waals surface area contributed by atoms with Crippen LogP contribution in [-0.2, 0) is 4.79 Å². The molecule has 13 heavy (non-hydrogen) atoms. The number of carbonyl (C=O) groups excluding carboxylic acids is 1. The lowest BCUT2D eigenvalue weighted by molar-refractivity contribution is -0.103. The summed E-state index contributed by atoms with van der Waals surface area (Å²) in [6.07, 6.45) is 1.49. The van der Waals surface area contributed by atoms with Crippen molar-refractivity contribution in [2.45, 2.75) is 13.3 Å². The molecule has 0 radical (unpaired) electrons. The Labute approximate surface area is 83.0 Å². The summed E-state index contributed by atoms with van der Waals surface area (Å²) < 4.78 is 0. The van der Waals surface area contributed by atoms with E-state index < -0.39 is 0 Å². The average molecular weight is 195 g/mol. The van der Waals surface area contributed by atoms with Crippen LogP contribution >= 0.6 is 11.6 Å². The van der Waals surface area contributed by atoms with E-state index >= 15 is 0 Å². The molecule has 0 N–H and O–H groups in total. The molecule has 0 saturated carbocycles. The summed E-state index contributed by atoms with van der Waals surface area (Å²) in [5.41, 5.74) is 1.47. The zero-order valence-corrected chi connectivity index (χ0v) is 8.21. The van der Waals surface area contributed by atoms with Gasteiger partial charge in [-0.15, -0.1) is 0 Å². The fourth-order valence-electron chi connectivity index (χ4n) is 1.10. The van der Waals surface area contributed by atoms with Gasteiger partial charge in [0.1, 0.15) is 0 Å².